The first-order valence-corrected chi connectivity index (χ1v) is 2.27. The zero-order valence-electron chi connectivity index (χ0n) is 6.12. The van der Waals surface area contributed by atoms with Crippen molar-refractivity contribution in [2.75, 3.05) is 0 Å². The third kappa shape index (κ3) is 5.98. The Kier molecular flexibility index (Phi) is 19.2. The summed E-state index contributed by atoms with van der Waals surface area (Å²) in [5.41, 5.74) is 0. The van der Waals surface area contributed by atoms with Crippen molar-refractivity contribution in [2.24, 2.45) is 0 Å². The molecule has 0 radical (unpaired) electrons. The molecule has 0 amide bonds. The first-order chi connectivity index (χ1) is 3.80. The molecule has 5 N–H and O–H groups in total. The molecule has 0 saturated heterocycles. The number of aromatic hydroxyl groups is 2. The summed E-state index contributed by atoms with van der Waals surface area (Å²) in [6, 6.07) is 6.15. The van der Waals surface area contributed by atoms with Gasteiger partial charge in [-0.05, 0) is 12.1 Å². The Morgan fingerprint density at radius 3 is 1.17 bits per heavy atom. The molecule has 1 aromatic carbocycles. The van der Waals surface area contributed by atoms with Crippen LogP contribution < -0.4 is 0 Å². The van der Waals surface area contributed by atoms with Crippen molar-refractivity contribution in [1.29, 1.82) is 0 Å². The van der Waals surface area contributed by atoms with Gasteiger partial charge in [-0.2, -0.15) is 0 Å². The molecule has 5 nitrogen and oxygen atoms in total. The molecule has 1 aromatic rings. The van der Waals surface area contributed by atoms with Crippen LogP contribution in [0.1, 0.15) is 0 Å². The van der Waals surface area contributed by atoms with Gasteiger partial charge in [-0.15, -0.1) is 0 Å². The van der Waals surface area contributed by atoms with Crippen LogP contribution in [0.25, 0.3) is 0 Å². The van der Waals surface area contributed by atoms with E-state index in [1.54, 1.807) is 12.1 Å². The SMILES string of the molecule is Oc1ccccc1O.[Al+3].[OH-].[OH-].[OH-]. The van der Waals surface area contributed by atoms with Crippen LogP contribution in [0.2, 0.25) is 0 Å². The van der Waals surface area contributed by atoms with Gasteiger partial charge in [-0.25, -0.2) is 0 Å². The summed E-state index contributed by atoms with van der Waals surface area (Å²) >= 11 is 0. The summed E-state index contributed by atoms with van der Waals surface area (Å²) < 4.78 is 0. The van der Waals surface area contributed by atoms with E-state index in [2.05, 4.69) is 0 Å². The first kappa shape index (κ1) is 22.5. The van der Waals surface area contributed by atoms with Gasteiger partial charge >= 0.3 is 17.4 Å². The van der Waals surface area contributed by atoms with Gasteiger partial charge in [0.1, 0.15) is 0 Å². The van der Waals surface area contributed by atoms with Crippen LogP contribution in [-0.2, 0) is 0 Å². The second kappa shape index (κ2) is 10.2. The molecule has 0 heterocycles. The molecule has 0 atom stereocenters. The van der Waals surface area contributed by atoms with Crippen LogP contribution in [-0.4, -0.2) is 44.0 Å². The average molecular weight is 188 g/mol. The standard InChI is InChI=1S/C6H6O2.Al.3H2O/c7-5-3-1-2-4-6(5)8;;;;/h1-4,7-8H;;3*1H2/q;+3;;;/p-3. The number of phenols is 2. The molecule has 0 aromatic heterocycles. The first-order valence-electron chi connectivity index (χ1n) is 2.27. The molecule has 0 aliphatic carbocycles. The molecule has 1 rings (SSSR count). The van der Waals surface area contributed by atoms with E-state index in [0.717, 1.165) is 0 Å². The minimum Gasteiger partial charge on any atom is -0.870 e. The van der Waals surface area contributed by atoms with Crippen LogP contribution in [0.4, 0.5) is 0 Å². The third-order valence-corrected chi connectivity index (χ3v) is 0.882. The van der Waals surface area contributed by atoms with E-state index >= 15 is 0 Å². The second-order valence-electron chi connectivity index (χ2n) is 1.49. The molecule has 0 bridgehead atoms. The summed E-state index contributed by atoms with van der Waals surface area (Å²) in [4.78, 5) is 0. The van der Waals surface area contributed by atoms with Crippen LogP contribution >= 0.6 is 0 Å². The molecular weight excluding hydrogens is 179 g/mol. The number of phenolic OH excluding ortho intramolecular Hbond substituents is 2. The van der Waals surface area contributed by atoms with Crippen LogP contribution in [0.5, 0.6) is 11.5 Å². The Morgan fingerprint density at radius 2 is 1.00 bits per heavy atom. The molecule has 6 heteroatoms. The van der Waals surface area contributed by atoms with Crippen LogP contribution in [0, 0.1) is 0 Å². The fourth-order valence-electron chi connectivity index (χ4n) is 0.464. The Balaban J connectivity index is -0.0000000800. The molecule has 0 spiro atoms. The average Bonchev–Trinajstić information content (AvgIpc) is 1.77. The molecule has 12 heavy (non-hydrogen) atoms. The molecule has 66 valence electrons. The minimum absolute atomic E-state index is 0. The van der Waals surface area contributed by atoms with Crippen LogP contribution in [0.3, 0.4) is 0 Å². The van der Waals surface area contributed by atoms with E-state index < -0.39 is 0 Å². The van der Waals surface area contributed by atoms with Crippen molar-refractivity contribution in [1.82, 2.24) is 0 Å². The predicted molar refractivity (Wildman–Crippen MR) is 41.3 cm³/mol. The van der Waals surface area contributed by atoms with Crippen molar-refractivity contribution in [3.8, 4) is 11.5 Å². The van der Waals surface area contributed by atoms with Crippen molar-refractivity contribution in [2.45, 2.75) is 0 Å². The number of rotatable bonds is 0. The number of hydrogen-bond donors (Lipinski definition) is 2. The summed E-state index contributed by atoms with van der Waals surface area (Å²) in [7, 11) is 0. The van der Waals surface area contributed by atoms with Crippen LogP contribution in [0.15, 0.2) is 24.3 Å². The summed E-state index contributed by atoms with van der Waals surface area (Å²) in [5, 5.41) is 17.3. The Hall–Kier alpha value is -0.768. The number of para-hydroxylation sites is 2. The van der Waals surface area contributed by atoms with Gasteiger partial charge in [0.15, 0.2) is 11.5 Å². The smallest absolute Gasteiger partial charge is 0.870 e. The van der Waals surface area contributed by atoms with Crippen molar-refractivity contribution < 1.29 is 26.6 Å². The Morgan fingerprint density at radius 1 is 0.750 bits per heavy atom. The summed E-state index contributed by atoms with van der Waals surface area (Å²) in [6.07, 6.45) is 0. The molecule has 0 saturated carbocycles. The van der Waals surface area contributed by atoms with Gasteiger partial charge in [-0.1, -0.05) is 12.1 Å². The van der Waals surface area contributed by atoms with E-state index in [-0.39, 0.29) is 45.3 Å². The summed E-state index contributed by atoms with van der Waals surface area (Å²) in [5.74, 6) is -0.153. The fourth-order valence-corrected chi connectivity index (χ4v) is 0.464. The zero-order chi connectivity index (χ0) is 5.98. The maximum Gasteiger partial charge on any atom is 3.00 e. The van der Waals surface area contributed by atoms with Gasteiger partial charge < -0.3 is 26.6 Å². The zero-order valence-corrected chi connectivity index (χ0v) is 7.28. The van der Waals surface area contributed by atoms with E-state index in [4.69, 9.17) is 10.2 Å². The van der Waals surface area contributed by atoms with Gasteiger partial charge in [0, 0.05) is 0 Å². The minimum atomic E-state index is -0.0764. The number of benzene rings is 1. The van der Waals surface area contributed by atoms with Gasteiger partial charge in [0.2, 0.25) is 0 Å². The molecule has 0 aliphatic rings. The quantitative estimate of drug-likeness (QED) is 0.443. The monoisotopic (exact) mass is 188 g/mol. The van der Waals surface area contributed by atoms with E-state index in [1.807, 2.05) is 0 Å². The van der Waals surface area contributed by atoms with Gasteiger partial charge in [0.05, 0.1) is 0 Å². The second-order valence-corrected chi connectivity index (χ2v) is 1.49. The molecule has 0 unspecified atom stereocenters. The topological polar surface area (TPSA) is 130 Å². The molecule has 0 aliphatic heterocycles. The van der Waals surface area contributed by atoms with E-state index in [0.29, 0.717) is 0 Å². The maximum absolute atomic E-state index is 8.67. The Labute approximate surface area is 80.3 Å². The largest absolute Gasteiger partial charge is 3.00 e. The molecule has 0 fully saturated rings. The van der Waals surface area contributed by atoms with Crippen molar-refractivity contribution >= 4 is 17.4 Å². The number of hydrogen-bond acceptors (Lipinski definition) is 5. The predicted octanol–water partition coefficient (Wildman–Crippen LogP) is 0.187. The van der Waals surface area contributed by atoms with Crippen molar-refractivity contribution in [3.05, 3.63) is 24.3 Å². The van der Waals surface area contributed by atoms with Gasteiger partial charge in [-0.3, -0.25) is 0 Å². The Bertz CT molecular complexity index is 172. The third-order valence-electron chi connectivity index (χ3n) is 0.882. The maximum atomic E-state index is 8.67. The summed E-state index contributed by atoms with van der Waals surface area (Å²) in [6.45, 7) is 0. The normalized spacial score (nSPS) is 6.00. The molecular formula is C6H9AlO5. The fraction of sp³-hybridized carbons (Fsp3) is 0. The van der Waals surface area contributed by atoms with E-state index in [1.165, 1.54) is 12.1 Å². The van der Waals surface area contributed by atoms with E-state index in [9.17, 15) is 0 Å². The van der Waals surface area contributed by atoms with Gasteiger partial charge in [0.25, 0.3) is 0 Å². The van der Waals surface area contributed by atoms with Crippen molar-refractivity contribution in [3.63, 3.8) is 0 Å².